The second-order valence-corrected chi connectivity index (χ2v) is 5.99. The molecule has 1 aromatic heterocycles. The summed E-state index contributed by atoms with van der Waals surface area (Å²) in [6, 6.07) is 2.85. The summed E-state index contributed by atoms with van der Waals surface area (Å²) in [5, 5.41) is 0.192. The van der Waals surface area contributed by atoms with Crippen molar-refractivity contribution >= 4 is 21.6 Å². The van der Waals surface area contributed by atoms with Crippen LogP contribution >= 0.6 is 11.6 Å². The van der Waals surface area contributed by atoms with E-state index in [1.165, 1.54) is 22.6 Å². The summed E-state index contributed by atoms with van der Waals surface area (Å²) >= 11 is 5.71. The van der Waals surface area contributed by atoms with Crippen LogP contribution in [-0.2, 0) is 10.0 Å². The number of hydrogen-bond acceptors (Lipinski definition) is 3. The van der Waals surface area contributed by atoms with Gasteiger partial charge in [0, 0.05) is 19.3 Å². The van der Waals surface area contributed by atoms with Gasteiger partial charge < -0.3 is 0 Å². The molecule has 0 aromatic carbocycles. The highest BCUT2D eigenvalue weighted by molar-refractivity contribution is 7.89. The van der Waals surface area contributed by atoms with Crippen LogP contribution in [0.1, 0.15) is 26.7 Å². The lowest BCUT2D eigenvalue weighted by Gasteiger charge is -2.20. The molecule has 0 radical (unpaired) electrons. The largest absolute Gasteiger partial charge is 0.244 e. The first kappa shape index (κ1) is 14.4. The third-order valence-corrected chi connectivity index (χ3v) is 4.63. The number of rotatable bonds is 6. The van der Waals surface area contributed by atoms with Crippen LogP contribution in [0.3, 0.4) is 0 Å². The van der Waals surface area contributed by atoms with Crippen LogP contribution in [0.5, 0.6) is 0 Å². The SMILES string of the molecule is CCCCN(CC)S(=O)(=O)c1ccnc(Cl)c1. The normalized spacial score (nSPS) is 12.0. The Morgan fingerprint density at radius 1 is 1.41 bits per heavy atom. The van der Waals surface area contributed by atoms with E-state index in [9.17, 15) is 8.42 Å². The third-order valence-electron chi connectivity index (χ3n) is 2.45. The van der Waals surface area contributed by atoms with Gasteiger partial charge in [-0.2, -0.15) is 4.31 Å². The number of pyridine rings is 1. The van der Waals surface area contributed by atoms with Crippen LogP contribution in [-0.4, -0.2) is 30.8 Å². The summed E-state index contributed by atoms with van der Waals surface area (Å²) in [5.41, 5.74) is 0. The van der Waals surface area contributed by atoms with Crippen LogP contribution < -0.4 is 0 Å². The quantitative estimate of drug-likeness (QED) is 0.750. The number of sulfonamides is 1. The van der Waals surface area contributed by atoms with Crippen molar-refractivity contribution in [1.82, 2.24) is 9.29 Å². The van der Waals surface area contributed by atoms with Crippen LogP contribution in [0, 0.1) is 0 Å². The summed E-state index contributed by atoms with van der Waals surface area (Å²) in [6.45, 7) is 4.86. The highest BCUT2D eigenvalue weighted by Crippen LogP contribution is 2.18. The van der Waals surface area contributed by atoms with E-state index in [1.807, 2.05) is 13.8 Å². The van der Waals surface area contributed by atoms with E-state index in [0.29, 0.717) is 13.1 Å². The minimum atomic E-state index is -3.44. The second-order valence-electron chi connectivity index (χ2n) is 3.66. The predicted molar refractivity (Wildman–Crippen MR) is 68.6 cm³/mol. The average molecular weight is 277 g/mol. The Kier molecular flexibility index (Phi) is 5.36. The molecule has 0 unspecified atom stereocenters. The van der Waals surface area contributed by atoms with Gasteiger partial charge in [-0.3, -0.25) is 0 Å². The average Bonchev–Trinajstić information content (AvgIpc) is 2.30. The van der Waals surface area contributed by atoms with Crippen molar-refractivity contribution in [3.63, 3.8) is 0 Å². The minimum Gasteiger partial charge on any atom is -0.244 e. The standard InChI is InChI=1S/C11H17ClN2O2S/c1-3-5-8-14(4-2)17(15,16)10-6-7-13-11(12)9-10/h6-7,9H,3-5,8H2,1-2H3. The zero-order valence-electron chi connectivity index (χ0n) is 10.1. The number of aromatic nitrogens is 1. The molecule has 0 aliphatic rings. The number of halogens is 1. The second kappa shape index (κ2) is 6.33. The lowest BCUT2D eigenvalue weighted by molar-refractivity contribution is 0.419. The first-order valence-electron chi connectivity index (χ1n) is 5.64. The molecular formula is C11H17ClN2O2S. The Morgan fingerprint density at radius 3 is 2.65 bits per heavy atom. The maximum absolute atomic E-state index is 12.3. The summed E-state index contributed by atoms with van der Waals surface area (Å²) in [6.07, 6.45) is 3.22. The lowest BCUT2D eigenvalue weighted by atomic mass is 10.3. The molecule has 4 nitrogen and oxygen atoms in total. The first-order chi connectivity index (χ1) is 8.02. The van der Waals surface area contributed by atoms with Crippen LogP contribution in [0.25, 0.3) is 0 Å². The van der Waals surface area contributed by atoms with E-state index in [4.69, 9.17) is 11.6 Å². The van der Waals surface area contributed by atoms with Gasteiger partial charge in [0.2, 0.25) is 10.0 Å². The fourth-order valence-corrected chi connectivity index (χ4v) is 3.22. The van der Waals surface area contributed by atoms with Gasteiger partial charge in [0.1, 0.15) is 5.15 Å². The smallest absolute Gasteiger partial charge is 0.243 e. The molecule has 1 heterocycles. The van der Waals surface area contributed by atoms with Crippen molar-refractivity contribution in [2.45, 2.75) is 31.6 Å². The van der Waals surface area contributed by atoms with Crippen molar-refractivity contribution in [1.29, 1.82) is 0 Å². The number of nitrogens with zero attached hydrogens (tertiary/aromatic N) is 2. The van der Waals surface area contributed by atoms with E-state index in [-0.39, 0.29) is 10.0 Å². The van der Waals surface area contributed by atoms with E-state index >= 15 is 0 Å². The van der Waals surface area contributed by atoms with E-state index in [2.05, 4.69) is 4.98 Å². The summed E-state index contributed by atoms with van der Waals surface area (Å²) < 4.78 is 26.0. The Bertz CT molecular complexity index is 462. The molecule has 0 fully saturated rings. The molecule has 17 heavy (non-hydrogen) atoms. The molecule has 6 heteroatoms. The third kappa shape index (κ3) is 3.66. The lowest BCUT2D eigenvalue weighted by Crippen LogP contribution is -2.31. The monoisotopic (exact) mass is 276 g/mol. The van der Waals surface area contributed by atoms with Gasteiger partial charge in [-0.05, 0) is 18.6 Å². The van der Waals surface area contributed by atoms with Crippen LogP contribution in [0.4, 0.5) is 0 Å². The van der Waals surface area contributed by atoms with Gasteiger partial charge in [-0.15, -0.1) is 0 Å². The van der Waals surface area contributed by atoms with Crippen molar-refractivity contribution in [2.75, 3.05) is 13.1 Å². The molecule has 96 valence electrons. The fraction of sp³-hybridized carbons (Fsp3) is 0.545. The van der Waals surface area contributed by atoms with Gasteiger partial charge in [0.25, 0.3) is 0 Å². The zero-order chi connectivity index (χ0) is 12.9. The van der Waals surface area contributed by atoms with Crippen molar-refractivity contribution in [2.24, 2.45) is 0 Å². The molecule has 1 rings (SSSR count). The number of unbranched alkanes of at least 4 members (excludes halogenated alkanes) is 1. The molecule has 0 amide bonds. The topological polar surface area (TPSA) is 50.3 Å². The summed E-state index contributed by atoms with van der Waals surface area (Å²) in [4.78, 5) is 3.99. The molecule has 0 atom stereocenters. The maximum atomic E-state index is 12.3. The van der Waals surface area contributed by atoms with Gasteiger partial charge in [-0.1, -0.05) is 31.9 Å². The minimum absolute atomic E-state index is 0.192. The summed E-state index contributed by atoms with van der Waals surface area (Å²) in [5.74, 6) is 0. The molecule has 0 bridgehead atoms. The van der Waals surface area contributed by atoms with E-state index in [0.717, 1.165) is 12.8 Å². The highest BCUT2D eigenvalue weighted by Gasteiger charge is 2.22. The van der Waals surface area contributed by atoms with Gasteiger partial charge in [0.15, 0.2) is 0 Å². The molecule has 0 saturated heterocycles. The summed E-state index contributed by atoms with van der Waals surface area (Å²) in [7, 11) is -3.44. The van der Waals surface area contributed by atoms with Gasteiger partial charge >= 0.3 is 0 Å². The van der Waals surface area contributed by atoms with Crippen LogP contribution in [0.15, 0.2) is 23.2 Å². The maximum Gasteiger partial charge on any atom is 0.243 e. The highest BCUT2D eigenvalue weighted by atomic mass is 35.5. The fourth-order valence-electron chi connectivity index (χ4n) is 1.48. The van der Waals surface area contributed by atoms with Crippen LogP contribution in [0.2, 0.25) is 5.15 Å². The van der Waals surface area contributed by atoms with Gasteiger partial charge in [-0.25, -0.2) is 13.4 Å². The predicted octanol–water partition coefficient (Wildman–Crippen LogP) is 2.55. The Labute approximate surface area is 108 Å². The van der Waals surface area contributed by atoms with Crippen molar-refractivity contribution < 1.29 is 8.42 Å². The number of hydrogen-bond donors (Lipinski definition) is 0. The Morgan fingerprint density at radius 2 is 2.12 bits per heavy atom. The Balaban J connectivity index is 3.00. The molecule has 0 N–H and O–H groups in total. The molecule has 0 aliphatic heterocycles. The molecule has 0 spiro atoms. The molecule has 0 aliphatic carbocycles. The molecule has 1 aromatic rings. The van der Waals surface area contributed by atoms with Crippen molar-refractivity contribution in [3.05, 3.63) is 23.5 Å². The van der Waals surface area contributed by atoms with Gasteiger partial charge in [0.05, 0.1) is 4.90 Å². The molecular weight excluding hydrogens is 260 g/mol. The van der Waals surface area contributed by atoms with E-state index in [1.54, 1.807) is 0 Å². The van der Waals surface area contributed by atoms with E-state index < -0.39 is 10.0 Å². The van der Waals surface area contributed by atoms with Crippen molar-refractivity contribution in [3.8, 4) is 0 Å². The Hall–Kier alpha value is -0.650. The zero-order valence-corrected chi connectivity index (χ0v) is 11.6. The molecule has 0 saturated carbocycles. The first-order valence-corrected chi connectivity index (χ1v) is 7.45.